The summed E-state index contributed by atoms with van der Waals surface area (Å²) >= 11 is 0. The monoisotopic (exact) mass is 203 g/mol. The summed E-state index contributed by atoms with van der Waals surface area (Å²) in [6.07, 6.45) is 2.47. The van der Waals surface area contributed by atoms with Gasteiger partial charge in [-0.3, -0.25) is 11.3 Å². The molecule has 1 heterocycles. The Bertz CT molecular complexity index is 383. The first-order chi connectivity index (χ1) is 7.40. The van der Waals surface area contributed by atoms with Crippen molar-refractivity contribution in [3.8, 4) is 0 Å². The Morgan fingerprint density at radius 2 is 2.13 bits per heavy atom. The molecule has 0 spiro atoms. The molecule has 0 amide bonds. The molecule has 0 aliphatic carbocycles. The summed E-state index contributed by atoms with van der Waals surface area (Å²) in [6.45, 7) is 0. The van der Waals surface area contributed by atoms with Gasteiger partial charge in [-0.2, -0.15) is 15.4 Å². The highest BCUT2D eigenvalue weighted by molar-refractivity contribution is 5.17. The fourth-order valence-electron chi connectivity index (χ4n) is 1.48. The molecule has 4 N–H and O–H groups in total. The van der Waals surface area contributed by atoms with Gasteiger partial charge in [-0.25, -0.2) is 0 Å². The number of hydrogen-bond acceptors (Lipinski definition) is 4. The van der Waals surface area contributed by atoms with Crippen LogP contribution in [-0.4, -0.2) is 15.4 Å². The predicted octanol–water partition coefficient (Wildman–Crippen LogP) is 0.552. The van der Waals surface area contributed by atoms with E-state index in [4.69, 9.17) is 5.84 Å². The van der Waals surface area contributed by atoms with Gasteiger partial charge in [0, 0.05) is 0 Å². The second kappa shape index (κ2) is 4.68. The molecule has 1 aromatic carbocycles. The predicted molar refractivity (Wildman–Crippen MR) is 56.6 cm³/mol. The van der Waals surface area contributed by atoms with Crippen LogP contribution < -0.4 is 11.3 Å². The molecule has 0 saturated carbocycles. The van der Waals surface area contributed by atoms with Crippen LogP contribution >= 0.6 is 0 Å². The highest BCUT2D eigenvalue weighted by Crippen LogP contribution is 2.13. The minimum Gasteiger partial charge on any atom is -0.271 e. The molecule has 5 heteroatoms. The Morgan fingerprint density at radius 1 is 1.33 bits per heavy atom. The molecule has 0 radical (unpaired) electrons. The molecule has 0 aliphatic heterocycles. The van der Waals surface area contributed by atoms with E-state index < -0.39 is 0 Å². The zero-order valence-electron chi connectivity index (χ0n) is 8.22. The van der Waals surface area contributed by atoms with Crippen LogP contribution in [0, 0.1) is 0 Å². The first kappa shape index (κ1) is 9.82. The lowest BCUT2D eigenvalue weighted by molar-refractivity contribution is 0.537. The Morgan fingerprint density at radius 3 is 2.73 bits per heavy atom. The maximum Gasteiger partial charge on any atom is 0.101 e. The molecular weight excluding hydrogens is 190 g/mol. The van der Waals surface area contributed by atoms with Crippen molar-refractivity contribution in [1.82, 2.24) is 20.8 Å². The van der Waals surface area contributed by atoms with E-state index in [9.17, 15) is 0 Å². The number of aromatic nitrogens is 3. The number of aromatic amines is 1. The van der Waals surface area contributed by atoms with Crippen LogP contribution in [0.1, 0.15) is 17.3 Å². The van der Waals surface area contributed by atoms with E-state index in [2.05, 4.69) is 33.0 Å². The first-order valence-corrected chi connectivity index (χ1v) is 4.76. The third-order valence-corrected chi connectivity index (χ3v) is 2.27. The minimum atomic E-state index is -0.00819. The second-order valence-corrected chi connectivity index (χ2v) is 3.30. The maximum absolute atomic E-state index is 5.48. The molecule has 2 rings (SSSR count). The Balaban J connectivity index is 2.10. The highest BCUT2D eigenvalue weighted by atomic mass is 15.3. The molecule has 78 valence electrons. The number of nitrogens with two attached hydrogens (primary N) is 1. The maximum atomic E-state index is 5.48. The van der Waals surface area contributed by atoms with Gasteiger partial charge in [-0.15, -0.1) is 0 Å². The molecule has 1 atom stereocenters. The van der Waals surface area contributed by atoms with Crippen LogP contribution in [0.15, 0.2) is 36.5 Å². The van der Waals surface area contributed by atoms with E-state index in [0.29, 0.717) is 0 Å². The van der Waals surface area contributed by atoms with Gasteiger partial charge in [0.1, 0.15) is 5.69 Å². The van der Waals surface area contributed by atoms with Gasteiger partial charge in [-0.1, -0.05) is 30.3 Å². The molecule has 15 heavy (non-hydrogen) atoms. The van der Waals surface area contributed by atoms with Crippen molar-refractivity contribution in [3.63, 3.8) is 0 Å². The van der Waals surface area contributed by atoms with Crippen LogP contribution in [0.5, 0.6) is 0 Å². The molecule has 0 bridgehead atoms. The van der Waals surface area contributed by atoms with Gasteiger partial charge >= 0.3 is 0 Å². The summed E-state index contributed by atoms with van der Waals surface area (Å²) in [5.74, 6) is 5.48. The minimum absolute atomic E-state index is 0.00819. The summed E-state index contributed by atoms with van der Waals surface area (Å²) in [5, 5.41) is 10.3. The van der Waals surface area contributed by atoms with Crippen molar-refractivity contribution in [2.75, 3.05) is 0 Å². The van der Waals surface area contributed by atoms with Crippen LogP contribution in [0.25, 0.3) is 0 Å². The van der Waals surface area contributed by atoms with Crippen LogP contribution in [0.3, 0.4) is 0 Å². The average Bonchev–Trinajstić information content (AvgIpc) is 2.81. The lowest BCUT2D eigenvalue weighted by Crippen LogP contribution is -2.29. The van der Waals surface area contributed by atoms with E-state index in [-0.39, 0.29) is 6.04 Å². The number of hydrogen-bond donors (Lipinski definition) is 3. The Labute approximate surface area is 87.7 Å². The second-order valence-electron chi connectivity index (χ2n) is 3.30. The number of nitrogens with one attached hydrogen (secondary N) is 2. The standard InChI is InChI=1S/C10H13N5/c11-13-9(10-7-12-15-14-10)6-8-4-2-1-3-5-8/h1-5,7,9,13H,6,11H2,(H,12,14,15). The molecule has 0 fully saturated rings. The van der Waals surface area contributed by atoms with Crippen LogP contribution in [0.2, 0.25) is 0 Å². The zero-order valence-corrected chi connectivity index (χ0v) is 8.22. The normalized spacial score (nSPS) is 12.6. The van der Waals surface area contributed by atoms with E-state index in [1.54, 1.807) is 6.20 Å². The van der Waals surface area contributed by atoms with Gasteiger partial charge in [0.2, 0.25) is 0 Å². The molecule has 1 unspecified atom stereocenters. The van der Waals surface area contributed by atoms with Crippen molar-refractivity contribution in [3.05, 3.63) is 47.8 Å². The summed E-state index contributed by atoms with van der Waals surface area (Å²) in [7, 11) is 0. The number of hydrazine groups is 1. The van der Waals surface area contributed by atoms with Crippen molar-refractivity contribution in [2.45, 2.75) is 12.5 Å². The third-order valence-electron chi connectivity index (χ3n) is 2.27. The summed E-state index contributed by atoms with van der Waals surface area (Å²) in [4.78, 5) is 0. The number of rotatable bonds is 4. The van der Waals surface area contributed by atoms with Gasteiger partial charge in [-0.05, 0) is 12.0 Å². The van der Waals surface area contributed by atoms with Crippen LogP contribution in [0.4, 0.5) is 0 Å². The van der Waals surface area contributed by atoms with Gasteiger partial charge in [0.05, 0.1) is 12.2 Å². The Hall–Kier alpha value is -1.72. The fourth-order valence-corrected chi connectivity index (χ4v) is 1.48. The zero-order chi connectivity index (χ0) is 10.5. The van der Waals surface area contributed by atoms with Crippen molar-refractivity contribution in [1.29, 1.82) is 0 Å². The molecule has 0 saturated heterocycles. The summed E-state index contributed by atoms with van der Waals surface area (Å²) in [6, 6.07) is 10.1. The van der Waals surface area contributed by atoms with E-state index in [1.165, 1.54) is 5.56 Å². The van der Waals surface area contributed by atoms with Gasteiger partial charge in [0.25, 0.3) is 0 Å². The largest absolute Gasteiger partial charge is 0.271 e. The topological polar surface area (TPSA) is 79.6 Å². The molecule has 5 nitrogen and oxygen atoms in total. The summed E-state index contributed by atoms with van der Waals surface area (Å²) in [5.41, 5.74) is 4.76. The van der Waals surface area contributed by atoms with Crippen molar-refractivity contribution < 1.29 is 0 Å². The van der Waals surface area contributed by atoms with E-state index in [0.717, 1.165) is 12.1 Å². The average molecular weight is 203 g/mol. The van der Waals surface area contributed by atoms with Crippen LogP contribution in [-0.2, 0) is 6.42 Å². The van der Waals surface area contributed by atoms with Gasteiger partial charge < -0.3 is 0 Å². The SMILES string of the molecule is NNC(Cc1ccccc1)c1cn[nH]n1. The summed E-state index contributed by atoms with van der Waals surface area (Å²) < 4.78 is 0. The van der Waals surface area contributed by atoms with Crippen molar-refractivity contribution >= 4 is 0 Å². The molecule has 1 aromatic heterocycles. The third kappa shape index (κ3) is 2.39. The first-order valence-electron chi connectivity index (χ1n) is 4.76. The lowest BCUT2D eigenvalue weighted by atomic mass is 10.0. The number of nitrogens with zero attached hydrogens (tertiary/aromatic N) is 2. The quantitative estimate of drug-likeness (QED) is 0.501. The fraction of sp³-hybridized carbons (Fsp3) is 0.200. The number of benzene rings is 1. The Kier molecular flexibility index (Phi) is 3.06. The number of H-pyrrole nitrogens is 1. The van der Waals surface area contributed by atoms with Gasteiger partial charge in [0.15, 0.2) is 0 Å². The van der Waals surface area contributed by atoms with E-state index >= 15 is 0 Å². The smallest absolute Gasteiger partial charge is 0.101 e. The van der Waals surface area contributed by atoms with Crippen molar-refractivity contribution in [2.24, 2.45) is 5.84 Å². The molecule has 2 aromatic rings. The van der Waals surface area contributed by atoms with E-state index in [1.807, 2.05) is 18.2 Å². The molecular formula is C10H13N5. The molecule has 0 aliphatic rings. The highest BCUT2D eigenvalue weighted by Gasteiger charge is 2.12. The lowest BCUT2D eigenvalue weighted by Gasteiger charge is -2.12.